The van der Waals surface area contributed by atoms with Gasteiger partial charge >= 0.3 is 0 Å². The van der Waals surface area contributed by atoms with E-state index in [4.69, 9.17) is 0 Å². The molecule has 0 bridgehead atoms. The lowest BCUT2D eigenvalue weighted by Crippen LogP contribution is -2.37. The third-order valence-corrected chi connectivity index (χ3v) is 4.36. The number of hydrogen-bond donors (Lipinski definition) is 3. The highest BCUT2D eigenvalue weighted by Crippen LogP contribution is 2.12. The number of benzene rings is 1. The van der Waals surface area contributed by atoms with Crippen LogP contribution in [0, 0.1) is 5.92 Å². The van der Waals surface area contributed by atoms with Gasteiger partial charge in [-0.2, -0.15) is 0 Å². The monoisotopic (exact) mass is 353 g/mol. The molecule has 6 heteroatoms. The van der Waals surface area contributed by atoms with E-state index in [1.54, 1.807) is 6.07 Å². The summed E-state index contributed by atoms with van der Waals surface area (Å²) < 4.78 is 0. The van der Waals surface area contributed by atoms with Crippen molar-refractivity contribution >= 4 is 24.2 Å². The number of halogens is 1. The summed E-state index contributed by atoms with van der Waals surface area (Å²) in [5, 5.41) is 9.20. The molecule has 134 valence electrons. The summed E-state index contributed by atoms with van der Waals surface area (Å²) in [7, 11) is 0. The van der Waals surface area contributed by atoms with Crippen molar-refractivity contribution < 1.29 is 9.59 Å². The van der Waals surface area contributed by atoms with Gasteiger partial charge in [-0.25, -0.2) is 0 Å². The van der Waals surface area contributed by atoms with Gasteiger partial charge in [-0.15, -0.1) is 12.4 Å². The van der Waals surface area contributed by atoms with E-state index in [9.17, 15) is 9.59 Å². The van der Waals surface area contributed by atoms with Crippen LogP contribution >= 0.6 is 12.4 Å². The molecule has 1 unspecified atom stereocenters. The molecule has 0 spiro atoms. The van der Waals surface area contributed by atoms with Crippen LogP contribution < -0.4 is 16.0 Å². The first-order valence-corrected chi connectivity index (χ1v) is 8.48. The molecule has 0 aromatic heterocycles. The van der Waals surface area contributed by atoms with Gasteiger partial charge < -0.3 is 16.0 Å². The molecular formula is C18H28ClN3O2. The average molecular weight is 354 g/mol. The maximum Gasteiger partial charge on any atom is 0.251 e. The third kappa shape index (κ3) is 6.13. The first-order chi connectivity index (χ1) is 11.1. The first-order valence-electron chi connectivity index (χ1n) is 8.48. The fraction of sp³-hybridized carbons (Fsp3) is 0.556. The van der Waals surface area contributed by atoms with Gasteiger partial charge in [-0.1, -0.05) is 19.1 Å². The Labute approximate surface area is 150 Å². The van der Waals surface area contributed by atoms with E-state index < -0.39 is 0 Å². The largest absolute Gasteiger partial charge is 0.352 e. The topological polar surface area (TPSA) is 70.2 Å². The van der Waals surface area contributed by atoms with Crippen molar-refractivity contribution in [3.05, 3.63) is 35.4 Å². The van der Waals surface area contributed by atoms with E-state index in [-0.39, 0.29) is 36.2 Å². The average Bonchev–Trinajstić information content (AvgIpc) is 2.60. The fourth-order valence-electron chi connectivity index (χ4n) is 2.65. The van der Waals surface area contributed by atoms with Crippen LogP contribution in [0.15, 0.2) is 24.3 Å². The van der Waals surface area contributed by atoms with Crippen LogP contribution in [0.3, 0.4) is 0 Å². The molecule has 5 nitrogen and oxygen atoms in total. The summed E-state index contributed by atoms with van der Waals surface area (Å²) in [6, 6.07) is 7.60. The maximum atomic E-state index is 12.2. The Morgan fingerprint density at radius 1 is 1.29 bits per heavy atom. The minimum atomic E-state index is -0.0640. The summed E-state index contributed by atoms with van der Waals surface area (Å²) in [5.74, 6) is 0.153. The zero-order chi connectivity index (χ0) is 16.7. The second-order valence-corrected chi connectivity index (χ2v) is 6.23. The Morgan fingerprint density at radius 3 is 2.67 bits per heavy atom. The summed E-state index contributed by atoms with van der Waals surface area (Å²) in [4.78, 5) is 24.3. The highest BCUT2D eigenvalue weighted by Gasteiger charge is 2.20. The van der Waals surface area contributed by atoms with Gasteiger partial charge in [0, 0.05) is 24.1 Å². The normalized spacial score (nSPS) is 15.9. The van der Waals surface area contributed by atoms with E-state index >= 15 is 0 Å². The molecule has 0 saturated carbocycles. The van der Waals surface area contributed by atoms with Crippen LogP contribution in [0.4, 0.5) is 0 Å². The third-order valence-electron chi connectivity index (χ3n) is 4.36. The second kappa shape index (κ2) is 10.3. The first kappa shape index (κ1) is 20.5. The molecule has 1 saturated heterocycles. The zero-order valence-corrected chi connectivity index (χ0v) is 15.2. The van der Waals surface area contributed by atoms with Gasteiger partial charge in [0.15, 0.2) is 0 Å². The number of piperidine rings is 1. The van der Waals surface area contributed by atoms with E-state index in [1.165, 1.54) is 0 Å². The number of nitrogens with one attached hydrogen (secondary N) is 3. The fourth-order valence-corrected chi connectivity index (χ4v) is 2.65. The smallest absolute Gasteiger partial charge is 0.251 e. The predicted molar refractivity (Wildman–Crippen MR) is 98.3 cm³/mol. The maximum absolute atomic E-state index is 12.2. The van der Waals surface area contributed by atoms with E-state index in [0.29, 0.717) is 12.1 Å². The molecule has 1 fully saturated rings. The lowest BCUT2D eigenvalue weighted by atomic mass is 9.97. The molecule has 2 amide bonds. The molecule has 1 aromatic carbocycles. The van der Waals surface area contributed by atoms with Crippen LogP contribution in [0.1, 0.15) is 49.0 Å². The standard InChI is InChI=1S/C18H27N3O2.ClH/c1-3-13(2)21-18(23)16-6-4-5-14(11-16)12-20-17(22)15-7-9-19-10-8-15;/h4-6,11,13,15,19H,3,7-10,12H2,1-2H3,(H,20,22)(H,21,23);1H. The van der Waals surface area contributed by atoms with Crippen molar-refractivity contribution in [1.29, 1.82) is 0 Å². The van der Waals surface area contributed by atoms with Crippen LogP contribution in [0.25, 0.3) is 0 Å². The predicted octanol–water partition coefficient (Wildman–Crippen LogP) is 2.25. The Kier molecular flexibility index (Phi) is 8.79. The highest BCUT2D eigenvalue weighted by atomic mass is 35.5. The van der Waals surface area contributed by atoms with Crippen molar-refractivity contribution in [3.8, 4) is 0 Å². The quantitative estimate of drug-likeness (QED) is 0.734. The minimum absolute atomic E-state index is 0. The highest BCUT2D eigenvalue weighted by molar-refractivity contribution is 5.94. The van der Waals surface area contributed by atoms with Crippen molar-refractivity contribution in [2.45, 2.75) is 45.7 Å². The van der Waals surface area contributed by atoms with Gasteiger partial charge in [-0.05, 0) is 57.0 Å². The van der Waals surface area contributed by atoms with Crippen LogP contribution in [0.2, 0.25) is 0 Å². The number of amides is 2. The molecule has 0 radical (unpaired) electrons. The van der Waals surface area contributed by atoms with E-state index in [2.05, 4.69) is 16.0 Å². The zero-order valence-electron chi connectivity index (χ0n) is 14.4. The minimum Gasteiger partial charge on any atom is -0.352 e. The molecular weight excluding hydrogens is 326 g/mol. The van der Waals surface area contributed by atoms with Gasteiger partial charge in [0.25, 0.3) is 5.91 Å². The molecule has 1 atom stereocenters. The van der Waals surface area contributed by atoms with E-state index in [0.717, 1.165) is 37.9 Å². The van der Waals surface area contributed by atoms with Crippen molar-refractivity contribution in [2.24, 2.45) is 5.92 Å². The lowest BCUT2D eigenvalue weighted by Gasteiger charge is -2.21. The van der Waals surface area contributed by atoms with E-state index in [1.807, 2.05) is 32.0 Å². The van der Waals surface area contributed by atoms with Gasteiger partial charge in [0.2, 0.25) is 5.91 Å². The molecule has 2 rings (SSSR count). The Bertz CT molecular complexity index is 545. The SMILES string of the molecule is CCC(C)NC(=O)c1cccc(CNC(=O)C2CCNCC2)c1.Cl. The molecule has 24 heavy (non-hydrogen) atoms. The van der Waals surface area contributed by atoms with Gasteiger partial charge in [-0.3, -0.25) is 9.59 Å². The number of rotatable bonds is 6. The molecule has 3 N–H and O–H groups in total. The lowest BCUT2D eigenvalue weighted by molar-refractivity contribution is -0.125. The summed E-state index contributed by atoms with van der Waals surface area (Å²) in [6.07, 6.45) is 2.68. The summed E-state index contributed by atoms with van der Waals surface area (Å²) >= 11 is 0. The Hall–Kier alpha value is -1.59. The van der Waals surface area contributed by atoms with Crippen LogP contribution in [0.5, 0.6) is 0 Å². The van der Waals surface area contributed by atoms with Crippen molar-refractivity contribution in [2.75, 3.05) is 13.1 Å². The molecule has 0 aliphatic carbocycles. The molecule has 1 aromatic rings. The van der Waals surface area contributed by atoms with Crippen LogP contribution in [-0.2, 0) is 11.3 Å². The second-order valence-electron chi connectivity index (χ2n) is 6.23. The Morgan fingerprint density at radius 2 is 2.00 bits per heavy atom. The summed E-state index contributed by atoms with van der Waals surface area (Å²) in [6.45, 7) is 6.30. The van der Waals surface area contributed by atoms with Crippen molar-refractivity contribution in [1.82, 2.24) is 16.0 Å². The Balaban J connectivity index is 0.00000288. The van der Waals surface area contributed by atoms with Crippen LogP contribution in [-0.4, -0.2) is 30.9 Å². The number of carbonyl (C=O) groups is 2. The van der Waals surface area contributed by atoms with Gasteiger partial charge in [0.1, 0.15) is 0 Å². The molecule has 1 aliphatic rings. The van der Waals surface area contributed by atoms with Gasteiger partial charge in [0.05, 0.1) is 0 Å². The number of hydrogen-bond acceptors (Lipinski definition) is 3. The molecule has 1 aliphatic heterocycles. The number of carbonyl (C=O) groups excluding carboxylic acids is 2. The molecule has 1 heterocycles. The van der Waals surface area contributed by atoms with Crippen molar-refractivity contribution in [3.63, 3.8) is 0 Å². The summed E-state index contributed by atoms with van der Waals surface area (Å²) in [5.41, 5.74) is 1.59.